The van der Waals surface area contributed by atoms with Gasteiger partial charge >= 0.3 is 0 Å². The summed E-state index contributed by atoms with van der Waals surface area (Å²) < 4.78 is 0. The summed E-state index contributed by atoms with van der Waals surface area (Å²) in [5.41, 5.74) is 2.39. The van der Waals surface area contributed by atoms with Crippen LogP contribution in [0.1, 0.15) is 43.7 Å². The van der Waals surface area contributed by atoms with Gasteiger partial charge in [-0.1, -0.05) is 50.5 Å². The van der Waals surface area contributed by atoms with Crippen LogP contribution >= 0.6 is 0 Å². The maximum Gasteiger partial charge on any atom is 0.261 e. The molecule has 0 aliphatic heterocycles. The van der Waals surface area contributed by atoms with Crippen molar-refractivity contribution in [1.29, 1.82) is 5.26 Å². The molecule has 0 bridgehead atoms. The number of carbonyl (C=O) groups is 1. The van der Waals surface area contributed by atoms with E-state index in [9.17, 15) is 4.79 Å². The molecule has 1 aromatic carbocycles. The van der Waals surface area contributed by atoms with Crippen LogP contribution in [0, 0.1) is 17.2 Å². The van der Waals surface area contributed by atoms with Gasteiger partial charge in [-0.05, 0) is 36.0 Å². The first-order chi connectivity index (χ1) is 10.2. The summed E-state index contributed by atoms with van der Waals surface area (Å²) in [7, 11) is 0. The molecule has 1 N–H and O–H groups in total. The van der Waals surface area contributed by atoms with E-state index < -0.39 is 0 Å². The fourth-order valence-corrected chi connectivity index (χ4v) is 2.49. The summed E-state index contributed by atoms with van der Waals surface area (Å²) in [6.07, 6.45) is 7.63. The van der Waals surface area contributed by atoms with E-state index in [1.165, 1.54) is 24.8 Å². The topological polar surface area (TPSA) is 52.9 Å². The van der Waals surface area contributed by atoms with Gasteiger partial charge in [0, 0.05) is 6.54 Å². The van der Waals surface area contributed by atoms with E-state index in [4.69, 9.17) is 5.26 Å². The molecule has 21 heavy (non-hydrogen) atoms. The van der Waals surface area contributed by atoms with Crippen LogP contribution in [0.25, 0.3) is 6.08 Å². The first-order valence-electron chi connectivity index (χ1n) is 7.72. The van der Waals surface area contributed by atoms with Crippen molar-refractivity contribution < 1.29 is 4.79 Å². The van der Waals surface area contributed by atoms with E-state index in [-0.39, 0.29) is 11.5 Å². The summed E-state index contributed by atoms with van der Waals surface area (Å²) in [4.78, 5) is 11.9. The van der Waals surface area contributed by atoms with Crippen LogP contribution in [-0.4, -0.2) is 12.5 Å². The van der Waals surface area contributed by atoms with Gasteiger partial charge < -0.3 is 5.32 Å². The van der Waals surface area contributed by atoms with E-state index in [2.05, 4.69) is 17.4 Å². The van der Waals surface area contributed by atoms with Gasteiger partial charge in [-0.15, -0.1) is 0 Å². The molecule has 1 aliphatic rings. The van der Waals surface area contributed by atoms with E-state index in [1.807, 2.05) is 25.1 Å². The highest BCUT2D eigenvalue weighted by molar-refractivity contribution is 6.01. The Morgan fingerprint density at radius 3 is 2.90 bits per heavy atom. The van der Waals surface area contributed by atoms with Gasteiger partial charge in [0.05, 0.1) is 0 Å². The maximum atomic E-state index is 11.9. The van der Waals surface area contributed by atoms with Crippen molar-refractivity contribution in [3.63, 3.8) is 0 Å². The second-order valence-electron chi connectivity index (χ2n) is 5.67. The van der Waals surface area contributed by atoms with Crippen LogP contribution in [0.4, 0.5) is 0 Å². The molecule has 3 nitrogen and oxygen atoms in total. The van der Waals surface area contributed by atoms with Gasteiger partial charge in [-0.3, -0.25) is 4.79 Å². The van der Waals surface area contributed by atoms with Crippen LogP contribution in [0.2, 0.25) is 0 Å². The van der Waals surface area contributed by atoms with Crippen molar-refractivity contribution in [2.45, 2.75) is 39.0 Å². The monoisotopic (exact) mass is 282 g/mol. The third-order valence-electron chi connectivity index (χ3n) is 3.91. The summed E-state index contributed by atoms with van der Waals surface area (Å²) >= 11 is 0. The molecule has 0 aromatic heterocycles. The molecule has 110 valence electrons. The number of amides is 1. The molecule has 0 heterocycles. The zero-order chi connectivity index (χ0) is 15.1. The molecule has 1 saturated carbocycles. The Bertz CT molecular complexity index is 565. The molecule has 1 aromatic rings. The minimum absolute atomic E-state index is 0.171. The Labute approximate surface area is 126 Å². The molecule has 0 spiro atoms. The minimum atomic E-state index is -0.288. The second-order valence-corrected chi connectivity index (χ2v) is 5.67. The third-order valence-corrected chi connectivity index (χ3v) is 3.91. The smallest absolute Gasteiger partial charge is 0.261 e. The minimum Gasteiger partial charge on any atom is -0.351 e. The SMILES string of the molecule is CCCNC(=O)/C(C#N)=C/c1cccc(CC2CCC2)c1. The summed E-state index contributed by atoms with van der Waals surface area (Å²) in [6.45, 7) is 2.58. The lowest BCUT2D eigenvalue weighted by Crippen LogP contribution is -2.25. The van der Waals surface area contributed by atoms with E-state index >= 15 is 0 Å². The first kappa shape index (κ1) is 15.3. The van der Waals surface area contributed by atoms with Gasteiger partial charge in [-0.25, -0.2) is 0 Å². The van der Waals surface area contributed by atoms with Crippen LogP contribution in [0.3, 0.4) is 0 Å². The molecule has 1 fully saturated rings. The molecule has 1 amide bonds. The standard InChI is InChI=1S/C18H22N2O/c1-2-9-20-18(21)17(13-19)12-16-8-4-7-15(11-16)10-14-5-3-6-14/h4,7-8,11-12,14H,2-3,5-6,9-10H2,1H3,(H,20,21)/b17-12+. The average Bonchev–Trinajstić information content (AvgIpc) is 2.46. The largest absolute Gasteiger partial charge is 0.351 e. The van der Waals surface area contributed by atoms with E-state index in [1.54, 1.807) is 6.08 Å². The average molecular weight is 282 g/mol. The van der Waals surface area contributed by atoms with Gasteiger partial charge in [0.15, 0.2) is 0 Å². The van der Waals surface area contributed by atoms with Crippen molar-refractivity contribution in [1.82, 2.24) is 5.32 Å². The third kappa shape index (κ3) is 4.46. The lowest BCUT2D eigenvalue weighted by atomic mass is 9.81. The van der Waals surface area contributed by atoms with Crippen molar-refractivity contribution in [2.75, 3.05) is 6.54 Å². The molecular weight excluding hydrogens is 260 g/mol. The van der Waals surface area contributed by atoms with Gasteiger partial charge in [0.25, 0.3) is 5.91 Å². The second kappa shape index (κ2) is 7.64. The molecule has 3 heteroatoms. The number of benzene rings is 1. The summed E-state index contributed by atoms with van der Waals surface area (Å²) in [5, 5.41) is 11.9. The fraction of sp³-hybridized carbons (Fsp3) is 0.444. The number of nitriles is 1. The highest BCUT2D eigenvalue weighted by Crippen LogP contribution is 2.30. The summed E-state index contributed by atoms with van der Waals surface area (Å²) in [5.74, 6) is 0.524. The molecule has 0 unspecified atom stereocenters. The summed E-state index contributed by atoms with van der Waals surface area (Å²) in [6, 6.07) is 10.1. The van der Waals surface area contributed by atoms with Crippen molar-refractivity contribution in [3.05, 3.63) is 41.0 Å². The Morgan fingerprint density at radius 1 is 1.48 bits per heavy atom. The highest BCUT2D eigenvalue weighted by atomic mass is 16.1. The number of hydrogen-bond acceptors (Lipinski definition) is 2. The lowest BCUT2D eigenvalue weighted by Gasteiger charge is -2.25. The van der Waals surface area contributed by atoms with Crippen molar-refractivity contribution >= 4 is 12.0 Å². The predicted molar refractivity (Wildman–Crippen MR) is 84.4 cm³/mol. The number of nitrogens with one attached hydrogen (secondary N) is 1. The molecule has 2 rings (SSSR count). The molecule has 0 saturated heterocycles. The Balaban J connectivity index is 2.08. The van der Waals surface area contributed by atoms with E-state index in [0.717, 1.165) is 24.3 Å². The van der Waals surface area contributed by atoms with E-state index in [0.29, 0.717) is 6.54 Å². The van der Waals surface area contributed by atoms with Gasteiger partial charge in [-0.2, -0.15) is 5.26 Å². The maximum absolute atomic E-state index is 11.9. The van der Waals surface area contributed by atoms with Crippen LogP contribution in [0.5, 0.6) is 0 Å². The van der Waals surface area contributed by atoms with Gasteiger partial charge in [0.2, 0.25) is 0 Å². The van der Waals surface area contributed by atoms with Crippen LogP contribution < -0.4 is 5.32 Å². The lowest BCUT2D eigenvalue weighted by molar-refractivity contribution is -0.117. The zero-order valence-corrected chi connectivity index (χ0v) is 12.6. The Morgan fingerprint density at radius 2 is 2.29 bits per heavy atom. The number of rotatable bonds is 6. The van der Waals surface area contributed by atoms with Gasteiger partial charge in [0.1, 0.15) is 11.6 Å². The first-order valence-corrected chi connectivity index (χ1v) is 7.72. The highest BCUT2D eigenvalue weighted by Gasteiger charge is 2.17. The number of carbonyl (C=O) groups excluding carboxylic acids is 1. The molecule has 0 atom stereocenters. The Hall–Kier alpha value is -2.08. The molecule has 1 aliphatic carbocycles. The zero-order valence-electron chi connectivity index (χ0n) is 12.6. The molecule has 0 radical (unpaired) electrons. The molecular formula is C18H22N2O. The number of nitrogens with zero attached hydrogens (tertiary/aromatic N) is 1. The number of hydrogen-bond donors (Lipinski definition) is 1. The Kier molecular flexibility index (Phi) is 5.57. The van der Waals surface area contributed by atoms with Crippen LogP contribution in [-0.2, 0) is 11.2 Å². The van der Waals surface area contributed by atoms with Crippen LogP contribution in [0.15, 0.2) is 29.8 Å². The fourth-order valence-electron chi connectivity index (χ4n) is 2.49. The van der Waals surface area contributed by atoms with Crippen molar-refractivity contribution in [2.24, 2.45) is 5.92 Å². The normalized spacial score (nSPS) is 15.1. The quantitative estimate of drug-likeness (QED) is 0.641. The predicted octanol–water partition coefficient (Wildman–Crippen LogP) is 3.46. The van der Waals surface area contributed by atoms with Crippen molar-refractivity contribution in [3.8, 4) is 6.07 Å².